The van der Waals surface area contributed by atoms with E-state index in [1.807, 2.05) is 6.92 Å². The van der Waals surface area contributed by atoms with Crippen molar-refractivity contribution in [3.8, 4) is 5.75 Å². The Morgan fingerprint density at radius 2 is 2.15 bits per heavy atom. The third-order valence-corrected chi connectivity index (χ3v) is 2.61. The van der Waals surface area contributed by atoms with Gasteiger partial charge >= 0.3 is 6.61 Å². The molecule has 20 heavy (non-hydrogen) atoms. The van der Waals surface area contributed by atoms with E-state index in [-0.39, 0.29) is 30.5 Å². The number of benzene rings is 1. The van der Waals surface area contributed by atoms with Crippen LogP contribution in [0.15, 0.2) is 24.3 Å². The van der Waals surface area contributed by atoms with Crippen LogP contribution in [0.3, 0.4) is 0 Å². The average molecular weight is 288 g/mol. The van der Waals surface area contributed by atoms with E-state index in [0.29, 0.717) is 13.1 Å². The number of nitrogens with one attached hydrogen (secondary N) is 1. The standard InChI is InChI=1S/C13H18F2N2O3/c1-2-17(7-8-18)9-12(19)16-10-5-3-4-6-11(10)20-13(14)15/h3-6,13,18H,2,7-9H2,1H3,(H,16,19). The second kappa shape index (κ2) is 8.44. The lowest BCUT2D eigenvalue weighted by molar-refractivity contribution is -0.117. The highest BCUT2D eigenvalue weighted by atomic mass is 19.3. The van der Waals surface area contributed by atoms with E-state index >= 15 is 0 Å². The summed E-state index contributed by atoms with van der Waals surface area (Å²) >= 11 is 0. The maximum atomic E-state index is 12.2. The van der Waals surface area contributed by atoms with Crippen LogP contribution in [0.2, 0.25) is 0 Å². The molecule has 0 bridgehead atoms. The molecule has 0 spiro atoms. The molecule has 0 atom stereocenters. The van der Waals surface area contributed by atoms with Crippen LogP contribution >= 0.6 is 0 Å². The molecular weight excluding hydrogens is 270 g/mol. The molecule has 0 radical (unpaired) electrons. The Morgan fingerprint density at radius 1 is 1.45 bits per heavy atom. The maximum absolute atomic E-state index is 12.2. The monoisotopic (exact) mass is 288 g/mol. The lowest BCUT2D eigenvalue weighted by Crippen LogP contribution is -2.35. The van der Waals surface area contributed by atoms with Gasteiger partial charge in [0.25, 0.3) is 0 Å². The maximum Gasteiger partial charge on any atom is 0.387 e. The molecule has 0 saturated heterocycles. The van der Waals surface area contributed by atoms with Crippen LogP contribution in [0.25, 0.3) is 0 Å². The van der Waals surface area contributed by atoms with E-state index in [0.717, 1.165) is 0 Å². The molecule has 0 fully saturated rings. The van der Waals surface area contributed by atoms with Gasteiger partial charge in [0.1, 0.15) is 5.75 Å². The number of ether oxygens (including phenoxy) is 1. The van der Waals surface area contributed by atoms with Crippen molar-refractivity contribution in [2.24, 2.45) is 0 Å². The molecule has 7 heteroatoms. The summed E-state index contributed by atoms with van der Waals surface area (Å²) in [7, 11) is 0. The smallest absolute Gasteiger partial charge is 0.387 e. The number of aliphatic hydroxyl groups excluding tert-OH is 1. The first kappa shape index (κ1) is 16.3. The number of carbonyl (C=O) groups is 1. The first-order chi connectivity index (χ1) is 9.56. The number of alkyl halides is 2. The van der Waals surface area contributed by atoms with Gasteiger partial charge in [0.15, 0.2) is 0 Å². The van der Waals surface area contributed by atoms with Crippen LogP contribution in [-0.4, -0.2) is 48.8 Å². The van der Waals surface area contributed by atoms with Gasteiger partial charge in [-0.15, -0.1) is 0 Å². The summed E-state index contributed by atoms with van der Waals surface area (Å²) in [6.45, 7) is -0.0970. The number of rotatable bonds is 8. The van der Waals surface area contributed by atoms with E-state index in [1.54, 1.807) is 11.0 Å². The summed E-state index contributed by atoms with van der Waals surface area (Å²) in [4.78, 5) is 13.5. The van der Waals surface area contributed by atoms with Gasteiger partial charge in [-0.2, -0.15) is 8.78 Å². The van der Waals surface area contributed by atoms with E-state index in [4.69, 9.17) is 5.11 Å². The number of aliphatic hydroxyl groups is 1. The number of anilines is 1. The predicted octanol–water partition coefficient (Wildman–Crippen LogP) is 1.54. The molecule has 1 aromatic rings. The molecule has 5 nitrogen and oxygen atoms in total. The summed E-state index contributed by atoms with van der Waals surface area (Å²) in [5.41, 5.74) is 0.192. The van der Waals surface area contributed by atoms with Crippen LogP contribution in [0, 0.1) is 0 Å². The second-order valence-corrected chi connectivity index (χ2v) is 4.02. The normalized spacial score (nSPS) is 10.9. The molecule has 0 unspecified atom stereocenters. The lowest BCUT2D eigenvalue weighted by Gasteiger charge is -2.19. The Kier molecular flexibility index (Phi) is 6.89. The number of amides is 1. The average Bonchev–Trinajstić information content (AvgIpc) is 2.40. The Balaban J connectivity index is 2.65. The van der Waals surface area contributed by atoms with Gasteiger partial charge in [0, 0.05) is 6.54 Å². The minimum atomic E-state index is -2.95. The van der Waals surface area contributed by atoms with Crippen molar-refractivity contribution in [3.63, 3.8) is 0 Å². The first-order valence-electron chi connectivity index (χ1n) is 6.23. The SMILES string of the molecule is CCN(CCO)CC(=O)Nc1ccccc1OC(F)F. The fourth-order valence-electron chi connectivity index (χ4n) is 1.65. The lowest BCUT2D eigenvalue weighted by atomic mass is 10.3. The highest BCUT2D eigenvalue weighted by molar-refractivity contribution is 5.93. The fourth-order valence-corrected chi connectivity index (χ4v) is 1.65. The van der Waals surface area contributed by atoms with E-state index in [2.05, 4.69) is 10.1 Å². The zero-order valence-electron chi connectivity index (χ0n) is 11.2. The number of halogens is 2. The van der Waals surface area contributed by atoms with Crippen LogP contribution in [0.4, 0.5) is 14.5 Å². The van der Waals surface area contributed by atoms with Crippen molar-refractivity contribution in [2.45, 2.75) is 13.5 Å². The topological polar surface area (TPSA) is 61.8 Å². The van der Waals surface area contributed by atoms with Crippen LogP contribution in [0.1, 0.15) is 6.92 Å². The summed E-state index contributed by atoms with van der Waals surface area (Å²) in [5, 5.41) is 11.4. The van der Waals surface area contributed by atoms with Gasteiger partial charge in [-0.1, -0.05) is 19.1 Å². The molecule has 2 N–H and O–H groups in total. The number of hydrogen-bond donors (Lipinski definition) is 2. The molecule has 0 aliphatic carbocycles. The highest BCUT2D eigenvalue weighted by Gasteiger charge is 2.13. The third kappa shape index (κ3) is 5.50. The minimum absolute atomic E-state index is 0.0494. The predicted molar refractivity (Wildman–Crippen MR) is 70.9 cm³/mol. The van der Waals surface area contributed by atoms with E-state index in [1.165, 1.54) is 18.2 Å². The zero-order chi connectivity index (χ0) is 15.0. The van der Waals surface area contributed by atoms with Crippen molar-refractivity contribution in [1.82, 2.24) is 4.90 Å². The van der Waals surface area contributed by atoms with Crippen LogP contribution in [-0.2, 0) is 4.79 Å². The van der Waals surface area contributed by atoms with Gasteiger partial charge < -0.3 is 15.2 Å². The molecule has 1 amide bonds. The first-order valence-corrected chi connectivity index (χ1v) is 6.23. The molecule has 1 aromatic carbocycles. The Labute approximate surface area is 116 Å². The molecule has 112 valence electrons. The van der Waals surface area contributed by atoms with Crippen LogP contribution in [0.5, 0.6) is 5.75 Å². The molecule has 0 aliphatic heterocycles. The highest BCUT2D eigenvalue weighted by Crippen LogP contribution is 2.25. The summed E-state index contributed by atoms with van der Waals surface area (Å²) in [5.74, 6) is -0.438. The molecular formula is C13H18F2N2O3. The van der Waals surface area contributed by atoms with Gasteiger partial charge in [-0.25, -0.2) is 0 Å². The number of likely N-dealkylation sites (N-methyl/N-ethyl adjacent to an activating group) is 1. The number of para-hydroxylation sites is 2. The molecule has 0 aliphatic rings. The van der Waals surface area contributed by atoms with Crippen molar-refractivity contribution in [2.75, 3.05) is 31.6 Å². The van der Waals surface area contributed by atoms with E-state index < -0.39 is 6.61 Å². The third-order valence-electron chi connectivity index (χ3n) is 2.61. The molecule has 0 heterocycles. The van der Waals surface area contributed by atoms with Gasteiger partial charge in [-0.05, 0) is 18.7 Å². The Bertz CT molecular complexity index is 430. The second-order valence-electron chi connectivity index (χ2n) is 4.02. The van der Waals surface area contributed by atoms with Gasteiger partial charge in [-0.3, -0.25) is 9.69 Å². The van der Waals surface area contributed by atoms with Crippen molar-refractivity contribution in [1.29, 1.82) is 0 Å². The number of carbonyl (C=O) groups excluding carboxylic acids is 1. The largest absolute Gasteiger partial charge is 0.433 e. The Hall–Kier alpha value is -1.73. The summed E-state index contributed by atoms with van der Waals surface area (Å²) in [6, 6.07) is 5.99. The van der Waals surface area contributed by atoms with Gasteiger partial charge in [0.2, 0.25) is 5.91 Å². The van der Waals surface area contributed by atoms with Crippen molar-refractivity contribution < 1.29 is 23.4 Å². The van der Waals surface area contributed by atoms with E-state index in [9.17, 15) is 13.6 Å². The van der Waals surface area contributed by atoms with Crippen molar-refractivity contribution in [3.05, 3.63) is 24.3 Å². The fraction of sp³-hybridized carbons (Fsp3) is 0.462. The molecule has 0 saturated carbocycles. The van der Waals surface area contributed by atoms with Gasteiger partial charge in [0.05, 0.1) is 18.8 Å². The number of nitrogens with zero attached hydrogens (tertiary/aromatic N) is 1. The summed E-state index contributed by atoms with van der Waals surface area (Å²) in [6.07, 6.45) is 0. The zero-order valence-corrected chi connectivity index (χ0v) is 11.2. The molecule has 0 aromatic heterocycles. The summed E-state index contributed by atoms with van der Waals surface area (Å²) < 4.78 is 28.8. The minimum Gasteiger partial charge on any atom is -0.433 e. The number of hydrogen-bond acceptors (Lipinski definition) is 4. The van der Waals surface area contributed by atoms with Crippen molar-refractivity contribution >= 4 is 11.6 Å². The quantitative estimate of drug-likeness (QED) is 0.762. The molecule has 1 rings (SSSR count). The van der Waals surface area contributed by atoms with Crippen LogP contribution < -0.4 is 10.1 Å². The Morgan fingerprint density at radius 3 is 2.75 bits per heavy atom.